The average molecular weight is 238 g/mol. The van der Waals surface area contributed by atoms with E-state index in [9.17, 15) is 4.79 Å². The highest BCUT2D eigenvalue weighted by Crippen LogP contribution is 2.43. The first kappa shape index (κ1) is 11.5. The first-order valence-corrected chi connectivity index (χ1v) is 6.71. The van der Waals surface area contributed by atoms with E-state index < -0.39 is 0 Å². The summed E-state index contributed by atoms with van der Waals surface area (Å²) in [4.78, 5) is 14.4. The highest BCUT2D eigenvalue weighted by atomic mass is 16.5. The quantitative estimate of drug-likeness (QED) is 0.783. The minimum Gasteiger partial charge on any atom is -0.381 e. The van der Waals surface area contributed by atoms with Crippen LogP contribution in [0.2, 0.25) is 0 Å². The monoisotopic (exact) mass is 238 g/mol. The van der Waals surface area contributed by atoms with E-state index in [4.69, 9.17) is 4.74 Å². The van der Waals surface area contributed by atoms with Gasteiger partial charge in [0.05, 0.1) is 11.7 Å². The highest BCUT2D eigenvalue weighted by Gasteiger charge is 2.58. The van der Waals surface area contributed by atoms with Crippen molar-refractivity contribution in [3.63, 3.8) is 0 Å². The van der Waals surface area contributed by atoms with Crippen molar-refractivity contribution in [2.45, 2.75) is 51.2 Å². The molecule has 2 aliphatic heterocycles. The number of rotatable bonds is 2. The second-order valence-electron chi connectivity index (χ2n) is 6.26. The second kappa shape index (κ2) is 3.69. The van der Waals surface area contributed by atoms with Gasteiger partial charge in [-0.25, -0.2) is 0 Å². The third-order valence-electron chi connectivity index (χ3n) is 4.62. The molecule has 0 radical (unpaired) electrons. The Morgan fingerprint density at radius 3 is 2.53 bits per heavy atom. The smallest absolute Gasteiger partial charge is 0.244 e. The number of nitrogens with one attached hydrogen (secondary N) is 1. The van der Waals surface area contributed by atoms with Crippen molar-refractivity contribution in [2.75, 3.05) is 19.8 Å². The van der Waals surface area contributed by atoms with Crippen molar-refractivity contribution in [3.05, 3.63) is 0 Å². The number of carbonyl (C=O) groups is 1. The van der Waals surface area contributed by atoms with E-state index in [2.05, 4.69) is 24.1 Å². The summed E-state index contributed by atoms with van der Waals surface area (Å²) in [5, 5.41) is 3.46. The molecule has 1 N–H and O–H groups in total. The maximum Gasteiger partial charge on any atom is 0.244 e. The molecule has 3 fully saturated rings. The molecule has 4 heteroatoms. The van der Waals surface area contributed by atoms with Crippen LogP contribution in [0.15, 0.2) is 0 Å². The molecule has 4 nitrogen and oxygen atoms in total. The van der Waals surface area contributed by atoms with Gasteiger partial charge in [-0.3, -0.25) is 10.1 Å². The van der Waals surface area contributed by atoms with Crippen LogP contribution in [-0.4, -0.2) is 42.3 Å². The van der Waals surface area contributed by atoms with Crippen molar-refractivity contribution >= 4 is 5.91 Å². The van der Waals surface area contributed by atoms with Crippen molar-refractivity contribution in [3.8, 4) is 0 Å². The molecule has 0 aromatic rings. The molecule has 1 amide bonds. The van der Waals surface area contributed by atoms with Crippen LogP contribution in [0.3, 0.4) is 0 Å². The van der Waals surface area contributed by atoms with Gasteiger partial charge in [0.25, 0.3) is 0 Å². The zero-order valence-electron chi connectivity index (χ0n) is 10.8. The summed E-state index contributed by atoms with van der Waals surface area (Å²) >= 11 is 0. The predicted molar refractivity (Wildman–Crippen MR) is 64.4 cm³/mol. The lowest BCUT2D eigenvalue weighted by molar-refractivity contribution is -0.133. The van der Waals surface area contributed by atoms with Crippen molar-refractivity contribution in [1.29, 1.82) is 0 Å². The summed E-state index contributed by atoms with van der Waals surface area (Å²) in [6.07, 6.45) is 4.37. The first-order chi connectivity index (χ1) is 8.05. The van der Waals surface area contributed by atoms with Crippen LogP contribution < -0.4 is 5.32 Å². The molecule has 1 unspecified atom stereocenters. The fourth-order valence-electron chi connectivity index (χ4n) is 3.12. The third-order valence-corrected chi connectivity index (χ3v) is 4.62. The van der Waals surface area contributed by atoms with E-state index in [-0.39, 0.29) is 17.1 Å². The first-order valence-electron chi connectivity index (χ1n) is 6.71. The molecule has 1 atom stereocenters. The van der Waals surface area contributed by atoms with Crippen LogP contribution >= 0.6 is 0 Å². The van der Waals surface area contributed by atoms with Gasteiger partial charge in [-0.1, -0.05) is 6.92 Å². The van der Waals surface area contributed by atoms with Crippen LogP contribution in [0, 0.1) is 5.41 Å². The molecule has 3 rings (SSSR count). The molecule has 96 valence electrons. The number of nitrogens with zero attached hydrogens (tertiary/aromatic N) is 1. The summed E-state index contributed by atoms with van der Waals surface area (Å²) in [5.41, 5.74) is 0.0746. The largest absolute Gasteiger partial charge is 0.381 e. The Morgan fingerprint density at radius 1 is 1.35 bits per heavy atom. The Bertz CT molecular complexity index is 332. The summed E-state index contributed by atoms with van der Waals surface area (Å²) < 4.78 is 5.42. The summed E-state index contributed by atoms with van der Waals surface area (Å²) in [5.74, 6) is 0.331. The number of carbonyl (C=O) groups excluding carboxylic acids is 1. The molecule has 2 heterocycles. The summed E-state index contributed by atoms with van der Waals surface area (Å²) in [6.45, 7) is 6.95. The molecule has 0 bridgehead atoms. The Hall–Kier alpha value is -0.610. The predicted octanol–water partition coefficient (Wildman–Crippen LogP) is 1.11. The second-order valence-corrected chi connectivity index (χ2v) is 6.26. The number of amides is 1. The van der Waals surface area contributed by atoms with Gasteiger partial charge in [-0.15, -0.1) is 0 Å². The van der Waals surface area contributed by atoms with E-state index in [1.54, 1.807) is 0 Å². The molecule has 2 saturated heterocycles. The van der Waals surface area contributed by atoms with Gasteiger partial charge >= 0.3 is 0 Å². The molecule has 17 heavy (non-hydrogen) atoms. The number of hydrogen-bond acceptors (Lipinski definition) is 3. The van der Waals surface area contributed by atoms with Gasteiger partial charge in [0.1, 0.15) is 0 Å². The SMILES string of the molecule is CC1NC2(CC2)C(=O)N1CC1(C)CCOCC1. The molecule has 1 aliphatic carbocycles. The van der Waals surface area contributed by atoms with Crippen molar-refractivity contribution < 1.29 is 9.53 Å². The Balaban J connectivity index is 1.70. The fraction of sp³-hybridized carbons (Fsp3) is 0.923. The Labute approximate surface area is 103 Å². The van der Waals surface area contributed by atoms with Gasteiger partial charge in [-0.05, 0) is 38.0 Å². The zero-order chi connectivity index (χ0) is 12.1. The minimum absolute atomic E-state index is 0.166. The fourth-order valence-corrected chi connectivity index (χ4v) is 3.12. The van der Waals surface area contributed by atoms with Crippen molar-refractivity contribution in [1.82, 2.24) is 10.2 Å². The molecule has 0 aromatic heterocycles. The summed E-state index contributed by atoms with van der Waals surface area (Å²) in [7, 11) is 0. The van der Waals surface area contributed by atoms with E-state index >= 15 is 0 Å². The van der Waals surface area contributed by atoms with E-state index in [0.29, 0.717) is 5.91 Å². The minimum atomic E-state index is -0.166. The molecule has 3 aliphatic rings. The van der Waals surface area contributed by atoms with Crippen LogP contribution in [0.4, 0.5) is 0 Å². The van der Waals surface area contributed by atoms with Crippen LogP contribution in [-0.2, 0) is 9.53 Å². The average Bonchev–Trinajstić information content (AvgIpc) is 3.03. The Morgan fingerprint density at radius 2 is 2.00 bits per heavy atom. The maximum atomic E-state index is 12.3. The molecule has 1 saturated carbocycles. The Kier molecular flexibility index (Phi) is 2.49. The van der Waals surface area contributed by atoms with Crippen LogP contribution in [0.25, 0.3) is 0 Å². The van der Waals surface area contributed by atoms with Gasteiger partial charge in [0, 0.05) is 19.8 Å². The lowest BCUT2D eigenvalue weighted by Gasteiger charge is -2.38. The summed E-state index contributed by atoms with van der Waals surface area (Å²) in [6, 6.07) is 0. The lowest BCUT2D eigenvalue weighted by atomic mass is 9.82. The molecule has 1 spiro atoms. The maximum absolute atomic E-state index is 12.3. The van der Waals surface area contributed by atoms with Gasteiger partial charge in [0.2, 0.25) is 5.91 Å². The van der Waals surface area contributed by atoms with Crippen LogP contribution in [0.5, 0.6) is 0 Å². The number of ether oxygens (including phenoxy) is 1. The van der Waals surface area contributed by atoms with Crippen molar-refractivity contribution in [2.24, 2.45) is 5.41 Å². The normalized spacial score (nSPS) is 34.4. The molecular formula is C13H22N2O2. The topological polar surface area (TPSA) is 41.6 Å². The third kappa shape index (κ3) is 1.87. The van der Waals surface area contributed by atoms with Gasteiger partial charge in [-0.2, -0.15) is 0 Å². The molecule has 0 aromatic carbocycles. The van der Waals surface area contributed by atoms with Gasteiger partial charge < -0.3 is 9.64 Å². The van der Waals surface area contributed by atoms with E-state index in [1.165, 1.54) is 0 Å². The number of hydrogen-bond donors (Lipinski definition) is 1. The van der Waals surface area contributed by atoms with E-state index in [1.807, 2.05) is 0 Å². The lowest BCUT2D eigenvalue weighted by Crippen LogP contribution is -2.44. The van der Waals surface area contributed by atoms with Crippen LogP contribution in [0.1, 0.15) is 39.5 Å². The molecular weight excluding hydrogens is 216 g/mol. The highest BCUT2D eigenvalue weighted by molar-refractivity contribution is 5.91. The van der Waals surface area contributed by atoms with E-state index in [0.717, 1.165) is 45.4 Å². The standard InChI is InChI=1S/C13H22N2O2/c1-10-14-13(3-4-13)11(16)15(10)9-12(2)5-7-17-8-6-12/h10,14H,3-9H2,1-2H3. The van der Waals surface area contributed by atoms with Gasteiger partial charge in [0.15, 0.2) is 0 Å². The zero-order valence-corrected chi connectivity index (χ0v) is 10.8.